The number of hydrogen-bond donors (Lipinski definition) is 1. The average Bonchev–Trinajstić information content (AvgIpc) is 2.70. The number of carbonyl (C=O) groups excluding carboxylic acids is 1. The lowest BCUT2D eigenvalue weighted by molar-refractivity contribution is -0.191. The quantitative estimate of drug-likeness (QED) is 0.799. The van der Waals surface area contributed by atoms with Crippen molar-refractivity contribution in [1.29, 1.82) is 0 Å². The summed E-state index contributed by atoms with van der Waals surface area (Å²) in [6, 6.07) is 8.26. The normalized spacial score (nSPS) is 19.5. The van der Waals surface area contributed by atoms with Crippen LogP contribution in [0.15, 0.2) is 40.9 Å². The molecule has 0 radical (unpaired) electrons. The Kier molecular flexibility index (Phi) is 4.12. The molecule has 1 heterocycles. The monoisotopic (exact) mass is 400 g/mol. The molecule has 0 saturated carbocycles. The Labute approximate surface area is 145 Å². The second-order valence-corrected chi connectivity index (χ2v) is 7.53. The summed E-state index contributed by atoms with van der Waals surface area (Å²) in [6.45, 7) is 3.25. The van der Waals surface area contributed by atoms with Crippen LogP contribution < -0.4 is 5.43 Å². The van der Waals surface area contributed by atoms with Crippen molar-refractivity contribution in [3.8, 4) is 0 Å². The van der Waals surface area contributed by atoms with Gasteiger partial charge in [0.15, 0.2) is 6.04 Å². The van der Waals surface area contributed by atoms with Crippen LogP contribution in [0.3, 0.4) is 0 Å². The molecule has 0 aliphatic carbocycles. The highest BCUT2D eigenvalue weighted by Crippen LogP contribution is 2.43. The molecule has 2 aromatic carbocycles. The van der Waals surface area contributed by atoms with Gasteiger partial charge in [-0.3, -0.25) is 10.2 Å². The highest BCUT2D eigenvalue weighted by atomic mass is 79.9. The van der Waals surface area contributed by atoms with E-state index in [1.54, 1.807) is 44.2 Å². The number of hydrazine groups is 1. The molecule has 1 aliphatic heterocycles. The molecule has 1 fully saturated rings. The fourth-order valence-electron chi connectivity index (χ4n) is 3.02. The van der Waals surface area contributed by atoms with Crippen LogP contribution in [0.5, 0.6) is 0 Å². The maximum atomic E-state index is 13.9. The first-order valence-electron chi connectivity index (χ1n) is 7.42. The molecule has 1 unspecified atom stereocenters. The van der Waals surface area contributed by atoms with Crippen molar-refractivity contribution in [3.05, 3.63) is 46.4 Å². The van der Waals surface area contributed by atoms with Crippen LogP contribution in [0.4, 0.5) is 13.2 Å². The van der Waals surface area contributed by atoms with E-state index in [1.165, 1.54) is 6.07 Å². The number of amides is 1. The van der Waals surface area contributed by atoms with Crippen LogP contribution in [-0.2, 0) is 4.79 Å². The van der Waals surface area contributed by atoms with Crippen molar-refractivity contribution in [2.24, 2.45) is 5.41 Å². The van der Waals surface area contributed by atoms with Crippen molar-refractivity contribution in [1.82, 2.24) is 10.4 Å². The molecule has 128 valence electrons. The van der Waals surface area contributed by atoms with E-state index in [1.807, 2.05) is 0 Å². The number of hydrogen-bond acceptors (Lipinski definition) is 2. The average molecular weight is 401 g/mol. The zero-order valence-corrected chi connectivity index (χ0v) is 14.7. The third kappa shape index (κ3) is 3.02. The lowest BCUT2D eigenvalue weighted by Gasteiger charge is -2.30. The maximum absolute atomic E-state index is 13.9. The van der Waals surface area contributed by atoms with Gasteiger partial charge in [-0.15, -0.1) is 0 Å². The van der Waals surface area contributed by atoms with Gasteiger partial charge in [-0.2, -0.15) is 13.2 Å². The van der Waals surface area contributed by atoms with Gasteiger partial charge in [0.25, 0.3) is 0 Å². The van der Waals surface area contributed by atoms with Crippen LogP contribution >= 0.6 is 15.9 Å². The van der Waals surface area contributed by atoms with Crippen LogP contribution in [0, 0.1) is 5.41 Å². The molecule has 1 amide bonds. The number of fused-ring (bicyclic) bond motifs is 1. The standard InChI is InChI=1S/C17H16BrF3N2O/c1-16(2)9-23(22-15(16)24)14(17(19,20)21)13-8-11(18)7-10-5-3-4-6-12(10)13/h3-8,14H,9H2,1-2H3,(H,22,24). The molecule has 24 heavy (non-hydrogen) atoms. The highest BCUT2D eigenvalue weighted by Gasteiger charge is 2.51. The van der Waals surface area contributed by atoms with Gasteiger partial charge < -0.3 is 0 Å². The molecule has 1 atom stereocenters. The number of nitrogens with one attached hydrogen (secondary N) is 1. The Balaban J connectivity index is 2.17. The summed E-state index contributed by atoms with van der Waals surface area (Å²) in [7, 11) is 0. The van der Waals surface area contributed by atoms with E-state index in [4.69, 9.17) is 0 Å². The first-order valence-corrected chi connectivity index (χ1v) is 8.21. The number of alkyl halides is 3. The minimum absolute atomic E-state index is 0.0170. The first-order chi connectivity index (χ1) is 11.1. The smallest absolute Gasteiger partial charge is 0.287 e. The van der Waals surface area contributed by atoms with E-state index >= 15 is 0 Å². The SMILES string of the molecule is CC1(C)CN(C(c2cc(Br)cc3ccccc23)C(F)(F)F)NC1=O. The van der Waals surface area contributed by atoms with E-state index in [0.29, 0.717) is 15.2 Å². The van der Waals surface area contributed by atoms with Crippen LogP contribution in [-0.4, -0.2) is 23.6 Å². The Morgan fingerprint density at radius 3 is 2.50 bits per heavy atom. The zero-order chi connectivity index (χ0) is 17.7. The second kappa shape index (κ2) is 5.74. The molecule has 7 heteroatoms. The van der Waals surface area contributed by atoms with Crippen molar-refractivity contribution >= 4 is 32.6 Å². The van der Waals surface area contributed by atoms with Gasteiger partial charge in [0, 0.05) is 11.0 Å². The van der Waals surface area contributed by atoms with Gasteiger partial charge in [0.1, 0.15) is 0 Å². The molecule has 3 nitrogen and oxygen atoms in total. The summed E-state index contributed by atoms with van der Waals surface area (Å²) in [5.41, 5.74) is 1.64. The van der Waals surface area contributed by atoms with Crippen molar-refractivity contribution in [2.75, 3.05) is 6.54 Å². The molecule has 1 saturated heterocycles. The summed E-state index contributed by atoms with van der Waals surface area (Å²) in [5.74, 6) is -0.406. The maximum Gasteiger partial charge on any atom is 0.409 e. The molecule has 0 spiro atoms. The lowest BCUT2D eigenvalue weighted by Crippen LogP contribution is -2.43. The first kappa shape index (κ1) is 17.2. The minimum Gasteiger partial charge on any atom is -0.287 e. The summed E-state index contributed by atoms with van der Waals surface area (Å²) in [6.07, 6.45) is -4.53. The predicted molar refractivity (Wildman–Crippen MR) is 89.1 cm³/mol. The largest absolute Gasteiger partial charge is 0.409 e. The predicted octanol–water partition coefficient (Wildman–Crippen LogP) is 4.58. The third-order valence-corrected chi connectivity index (χ3v) is 4.66. The number of benzene rings is 2. The van der Waals surface area contributed by atoms with Crippen molar-refractivity contribution in [3.63, 3.8) is 0 Å². The van der Waals surface area contributed by atoms with Crippen molar-refractivity contribution < 1.29 is 18.0 Å². The van der Waals surface area contributed by atoms with Crippen molar-refractivity contribution in [2.45, 2.75) is 26.1 Å². The van der Waals surface area contributed by atoms with E-state index in [-0.39, 0.29) is 12.1 Å². The molecule has 0 bridgehead atoms. The number of carbonyl (C=O) groups is 1. The number of rotatable bonds is 2. The number of halogens is 4. The summed E-state index contributed by atoms with van der Waals surface area (Å²) < 4.78 is 42.2. The fraction of sp³-hybridized carbons (Fsp3) is 0.353. The molecule has 1 aliphatic rings. The van der Waals surface area contributed by atoms with E-state index in [2.05, 4.69) is 21.4 Å². The van der Waals surface area contributed by atoms with Gasteiger partial charge in [-0.05, 0) is 42.3 Å². The van der Waals surface area contributed by atoms with Crippen LogP contribution in [0.1, 0.15) is 25.5 Å². The minimum atomic E-state index is -4.53. The molecular formula is C17H16BrF3N2O. The van der Waals surface area contributed by atoms with Gasteiger partial charge in [-0.1, -0.05) is 40.2 Å². The van der Waals surface area contributed by atoms with Gasteiger partial charge >= 0.3 is 6.18 Å². The second-order valence-electron chi connectivity index (χ2n) is 6.61. The van der Waals surface area contributed by atoms with Crippen LogP contribution in [0.25, 0.3) is 10.8 Å². The Morgan fingerprint density at radius 1 is 1.25 bits per heavy atom. The molecule has 3 rings (SSSR count). The molecule has 1 N–H and O–H groups in total. The zero-order valence-electron chi connectivity index (χ0n) is 13.1. The van der Waals surface area contributed by atoms with Gasteiger partial charge in [0.2, 0.25) is 5.91 Å². The van der Waals surface area contributed by atoms with Gasteiger partial charge in [0.05, 0.1) is 5.41 Å². The Morgan fingerprint density at radius 2 is 1.92 bits per heavy atom. The number of nitrogens with zero attached hydrogens (tertiary/aromatic N) is 1. The van der Waals surface area contributed by atoms with Gasteiger partial charge in [-0.25, -0.2) is 5.01 Å². The van der Waals surface area contributed by atoms with E-state index in [9.17, 15) is 18.0 Å². The molecular weight excluding hydrogens is 385 g/mol. The van der Waals surface area contributed by atoms with E-state index < -0.39 is 23.5 Å². The summed E-state index contributed by atoms with van der Waals surface area (Å²) >= 11 is 3.29. The van der Waals surface area contributed by atoms with E-state index in [0.717, 1.165) is 5.01 Å². The molecule has 0 aromatic heterocycles. The Hall–Kier alpha value is -1.60. The lowest BCUT2D eigenvalue weighted by atomic mass is 9.93. The highest BCUT2D eigenvalue weighted by molar-refractivity contribution is 9.10. The summed E-state index contributed by atoms with van der Waals surface area (Å²) in [4.78, 5) is 12.0. The fourth-order valence-corrected chi connectivity index (χ4v) is 3.52. The topological polar surface area (TPSA) is 32.3 Å². The van der Waals surface area contributed by atoms with Crippen LogP contribution in [0.2, 0.25) is 0 Å². The molecule has 2 aromatic rings. The Bertz CT molecular complexity index is 804. The third-order valence-electron chi connectivity index (χ3n) is 4.20. The summed E-state index contributed by atoms with van der Waals surface area (Å²) in [5, 5.41) is 2.22.